The molecule has 136 valence electrons. The molecule has 2 aromatic rings. The van der Waals surface area contributed by atoms with Gasteiger partial charge >= 0.3 is 5.97 Å². The van der Waals surface area contributed by atoms with Gasteiger partial charge in [-0.2, -0.15) is 0 Å². The molecule has 0 saturated carbocycles. The number of anilines is 2. The summed E-state index contributed by atoms with van der Waals surface area (Å²) < 4.78 is 10.3. The molecule has 0 spiro atoms. The van der Waals surface area contributed by atoms with Crippen LogP contribution in [0.5, 0.6) is 0 Å². The minimum atomic E-state index is -0.486. The number of nitrogens with zero attached hydrogens (tertiary/aromatic N) is 3. The second-order valence-corrected chi connectivity index (χ2v) is 5.56. The molecule has 1 aromatic carbocycles. The summed E-state index contributed by atoms with van der Waals surface area (Å²) in [6, 6.07) is 8.23. The first-order valence-electron chi connectivity index (χ1n) is 8.42. The van der Waals surface area contributed by atoms with Gasteiger partial charge in [-0.25, -0.2) is 14.8 Å². The first-order valence-corrected chi connectivity index (χ1v) is 8.42. The Balaban J connectivity index is 1.77. The molecule has 8 heteroatoms. The molecule has 8 nitrogen and oxygen atoms in total. The summed E-state index contributed by atoms with van der Waals surface area (Å²) >= 11 is 0. The predicted molar refractivity (Wildman–Crippen MR) is 95.4 cm³/mol. The lowest BCUT2D eigenvalue weighted by molar-refractivity contribution is 0.0527. The van der Waals surface area contributed by atoms with Crippen molar-refractivity contribution in [3.63, 3.8) is 0 Å². The number of rotatable bonds is 5. The average molecular weight is 356 g/mol. The van der Waals surface area contributed by atoms with Crippen LogP contribution in [0.25, 0.3) is 0 Å². The highest BCUT2D eigenvalue weighted by Crippen LogP contribution is 2.18. The smallest absolute Gasteiger partial charge is 0.340 e. The van der Waals surface area contributed by atoms with Crippen LogP contribution in [0.4, 0.5) is 11.6 Å². The molecule has 0 radical (unpaired) electrons. The number of nitrogens with one attached hydrogen (secondary N) is 1. The van der Waals surface area contributed by atoms with Gasteiger partial charge in [0.05, 0.1) is 31.1 Å². The lowest BCUT2D eigenvalue weighted by Crippen LogP contribution is -2.37. The fraction of sp³-hybridized carbons (Fsp3) is 0.333. The third-order valence-corrected chi connectivity index (χ3v) is 3.84. The minimum Gasteiger partial charge on any atom is -0.462 e. The maximum absolute atomic E-state index is 12.6. The van der Waals surface area contributed by atoms with Crippen LogP contribution in [0.15, 0.2) is 36.5 Å². The van der Waals surface area contributed by atoms with E-state index in [2.05, 4.69) is 15.3 Å². The van der Waals surface area contributed by atoms with Crippen molar-refractivity contribution in [1.82, 2.24) is 9.97 Å². The first-order chi connectivity index (χ1) is 12.7. The molecule has 1 aliphatic rings. The van der Waals surface area contributed by atoms with Crippen molar-refractivity contribution < 1.29 is 19.1 Å². The maximum Gasteiger partial charge on any atom is 0.340 e. The number of esters is 1. The van der Waals surface area contributed by atoms with Crippen LogP contribution in [0.2, 0.25) is 0 Å². The quantitative estimate of drug-likeness (QED) is 0.816. The number of morpholine rings is 1. The molecule has 1 N–H and O–H groups in total. The molecule has 2 heterocycles. The molecule has 1 aliphatic heterocycles. The number of hydrogen-bond donors (Lipinski definition) is 1. The van der Waals surface area contributed by atoms with Crippen molar-refractivity contribution in [3.8, 4) is 0 Å². The van der Waals surface area contributed by atoms with Gasteiger partial charge in [-0.3, -0.25) is 4.79 Å². The van der Waals surface area contributed by atoms with Gasteiger partial charge in [-0.1, -0.05) is 12.1 Å². The summed E-state index contributed by atoms with van der Waals surface area (Å²) in [7, 11) is 0. The van der Waals surface area contributed by atoms with Crippen LogP contribution in [-0.2, 0) is 9.47 Å². The monoisotopic (exact) mass is 356 g/mol. The van der Waals surface area contributed by atoms with E-state index in [9.17, 15) is 9.59 Å². The van der Waals surface area contributed by atoms with Gasteiger partial charge in [-0.05, 0) is 25.1 Å². The van der Waals surface area contributed by atoms with E-state index >= 15 is 0 Å². The lowest BCUT2D eigenvalue weighted by Gasteiger charge is -2.26. The number of benzene rings is 1. The van der Waals surface area contributed by atoms with Crippen molar-refractivity contribution in [2.75, 3.05) is 43.1 Å². The summed E-state index contributed by atoms with van der Waals surface area (Å²) in [6.45, 7) is 4.55. The minimum absolute atomic E-state index is 0.222. The van der Waals surface area contributed by atoms with E-state index in [1.54, 1.807) is 37.4 Å². The van der Waals surface area contributed by atoms with E-state index in [0.717, 1.165) is 0 Å². The van der Waals surface area contributed by atoms with Crippen molar-refractivity contribution in [1.29, 1.82) is 0 Å². The molecular formula is C18H20N4O4. The highest BCUT2D eigenvalue weighted by molar-refractivity contribution is 6.07. The number of carbonyl (C=O) groups excluding carboxylic acids is 2. The standard InChI is InChI=1S/C18H20N4O4/c1-2-26-17(24)13-5-3-4-6-14(13)20-16(23)15-7-8-19-18(21-15)22-9-11-25-12-10-22/h3-8H,2,9-12H2,1H3,(H,20,23). The highest BCUT2D eigenvalue weighted by Gasteiger charge is 2.18. The molecule has 1 fully saturated rings. The molecule has 0 atom stereocenters. The largest absolute Gasteiger partial charge is 0.462 e. The fourth-order valence-electron chi connectivity index (χ4n) is 2.56. The van der Waals surface area contributed by atoms with E-state index in [-0.39, 0.29) is 12.3 Å². The normalized spacial score (nSPS) is 14.0. The summed E-state index contributed by atoms with van der Waals surface area (Å²) in [5.74, 6) is -0.418. The zero-order valence-corrected chi connectivity index (χ0v) is 14.5. The molecule has 3 rings (SSSR count). The number of ether oxygens (including phenoxy) is 2. The van der Waals surface area contributed by atoms with E-state index in [4.69, 9.17) is 9.47 Å². The second-order valence-electron chi connectivity index (χ2n) is 5.56. The van der Waals surface area contributed by atoms with Crippen LogP contribution in [-0.4, -0.2) is 54.8 Å². The zero-order valence-electron chi connectivity index (χ0n) is 14.5. The predicted octanol–water partition coefficient (Wildman–Crippen LogP) is 1.74. The van der Waals surface area contributed by atoms with Crippen molar-refractivity contribution in [2.45, 2.75) is 6.92 Å². The molecule has 26 heavy (non-hydrogen) atoms. The van der Waals surface area contributed by atoms with Crippen molar-refractivity contribution in [3.05, 3.63) is 47.8 Å². The Bertz CT molecular complexity index is 790. The van der Waals surface area contributed by atoms with Gasteiger partial charge in [0.2, 0.25) is 5.95 Å². The number of hydrogen-bond acceptors (Lipinski definition) is 7. The fourth-order valence-corrected chi connectivity index (χ4v) is 2.56. The number of para-hydroxylation sites is 1. The molecule has 0 unspecified atom stereocenters. The number of aromatic nitrogens is 2. The van der Waals surface area contributed by atoms with Gasteiger partial charge in [0.15, 0.2) is 0 Å². The third-order valence-electron chi connectivity index (χ3n) is 3.84. The Kier molecular flexibility index (Phi) is 5.75. The summed E-state index contributed by atoms with van der Waals surface area (Å²) in [6.07, 6.45) is 1.55. The molecule has 1 aromatic heterocycles. The summed E-state index contributed by atoms with van der Waals surface area (Å²) in [5, 5.41) is 2.72. The van der Waals surface area contributed by atoms with Gasteiger partial charge < -0.3 is 19.7 Å². The van der Waals surface area contributed by atoms with E-state index in [0.29, 0.717) is 43.5 Å². The highest BCUT2D eigenvalue weighted by atomic mass is 16.5. The van der Waals surface area contributed by atoms with Crippen molar-refractivity contribution >= 4 is 23.5 Å². The van der Waals surface area contributed by atoms with E-state index in [1.807, 2.05) is 4.90 Å². The van der Waals surface area contributed by atoms with E-state index in [1.165, 1.54) is 6.07 Å². The van der Waals surface area contributed by atoms with Crippen LogP contribution in [0, 0.1) is 0 Å². The Labute approximate surface area is 151 Å². The molecule has 0 aliphatic carbocycles. The lowest BCUT2D eigenvalue weighted by atomic mass is 10.1. The Morgan fingerprint density at radius 3 is 2.77 bits per heavy atom. The Morgan fingerprint density at radius 1 is 1.23 bits per heavy atom. The second kappa shape index (κ2) is 8.39. The molecular weight excluding hydrogens is 336 g/mol. The van der Waals surface area contributed by atoms with Gasteiger partial charge in [0, 0.05) is 19.3 Å². The molecule has 1 saturated heterocycles. The van der Waals surface area contributed by atoms with Gasteiger partial charge in [0.25, 0.3) is 5.91 Å². The van der Waals surface area contributed by atoms with Crippen LogP contribution < -0.4 is 10.2 Å². The van der Waals surface area contributed by atoms with Crippen molar-refractivity contribution in [2.24, 2.45) is 0 Å². The van der Waals surface area contributed by atoms with Gasteiger partial charge in [0.1, 0.15) is 5.69 Å². The first kappa shape index (κ1) is 17.8. The van der Waals surface area contributed by atoms with Crippen LogP contribution in [0.3, 0.4) is 0 Å². The Hall–Kier alpha value is -3.00. The van der Waals surface area contributed by atoms with Crippen LogP contribution in [0.1, 0.15) is 27.8 Å². The molecule has 0 bridgehead atoms. The van der Waals surface area contributed by atoms with Gasteiger partial charge in [-0.15, -0.1) is 0 Å². The topological polar surface area (TPSA) is 93.6 Å². The van der Waals surface area contributed by atoms with E-state index < -0.39 is 11.9 Å². The zero-order chi connectivity index (χ0) is 18.4. The maximum atomic E-state index is 12.6. The average Bonchev–Trinajstić information content (AvgIpc) is 2.69. The summed E-state index contributed by atoms with van der Waals surface area (Å²) in [4.78, 5) is 35.1. The SMILES string of the molecule is CCOC(=O)c1ccccc1NC(=O)c1ccnc(N2CCOCC2)n1. The third kappa shape index (κ3) is 4.15. The number of carbonyl (C=O) groups is 2. The Morgan fingerprint density at radius 2 is 2.00 bits per heavy atom. The number of amides is 1. The summed E-state index contributed by atoms with van der Waals surface area (Å²) in [5.41, 5.74) is 0.896. The van der Waals surface area contributed by atoms with Crippen LogP contribution >= 0.6 is 0 Å². The molecule has 1 amide bonds.